The molecule has 1 heterocycles. The summed E-state index contributed by atoms with van der Waals surface area (Å²) in [6, 6.07) is 6.23. The summed E-state index contributed by atoms with van der Waals surface area (Å²) >= 11 is 0. The molecule has 0 radical (unpaired) electrons. The minimum Gasteiger partial charge on any atom is -0.385 e. The normalized spacial score (nSPS) is 16.2. The SMILES string of the molecule is CC(CN)CCNc1ccc2c(c1)CCC(=O)N2C. The molecule has 0 aromatic heterocycles. The second kappa shape index (κ2) is 6.06. The number of anilines is 2. The Morgan fingerprint density at radius 1 is 1.42 bits per heavy atom. The van der Waals surface area contributed by atoms with Gasteiger partial charge in [0.15, 0.2) is 0 Å². The number of hydrogen-bond acceptors (Lipinski definition) is 3. The van der Waals surface area contributed by atoms with Crippen molar-refractivity contribution >= 4 is 17.3 Å². The monoisotopic (exact) mass is 261 g/mol. The van der Waals surface area contributed by atoms with Crippen LogP contribution in [0.15, 0.2) is 18.2 Å². The van der Waals surface area contributed by atoms with Crippen molar-refractivity contribution in [3.8, 4) is 0 Å². The van der Waals surface area contributed by atoms with Crippen LogP contribution >= 0.6 is 0 Å². The number of rotatable bonds is 5. The molecule has 1 aliphatic rings. The van der Waals surface area contributed by atoms with Gasteiger partial charge in [0.05, 0.1) is 0 Å². The average molecular weight is 261 g/mol. The highest BCUT2D eigenvalue weighted by atomic mass is 16.2. The first-order chi connectivity index (χ1) is 9.11. The Hall–Kier alpha value is -1.55. The highest BCUT2D eigenvalue weighted by Crippen LogP contribution is 2.29. The maximum atomic E-state index is 11.6. The van der Waals surface area contributed by atoms with Gasteiger partial charge in [-0.2, -0.15) is 0 Å². The summed E-state index contributed by atoms with van der Waals surface area (Å²) in [6.07, 6.45) is 2.52. The number of nitrogens with one attached hydrogen (secondary N) is 1. The van der Waals surface area contributed by atoms with Crippen LogP contribution in [0.25, 0.3) is 0 Å². The van der Waals surface area contributed by atoms with Gasteiger partial charge in [-0.1, -0.05) is 6.92 Å². The lowest BCUT2D eigenvalue weighted by molar-refractivity contribution is -0.118. The molecule has 1 atom stereocenters. The van der Waals surface area contributed by atoms with E-state index in [1.54, 1.807) is 4.90 Å². The van der Waals surface area contributed by atoms with E-state index in [0.717, 1.165) is 37.3 Å². The van der Waals surface area contributed by atoms with E-state index in [4.69, 9.17) is 5.73 Å². The molecule has 0 saturated carbocycles. The minimum absolute atomic E-state index is 0.199. The molecule has 0 fully saturated rings. The lowest BCUT2D eigenvalue weighted by Gasteiger charge is -2.26. The van der Waals surface area contributed by atoms with Gasteiger partial charge in [-0.25, -0.2) is 0 Å². The molecule has 4 nitrogen and oxygen atoms in total. The summed E-state index contributed by atoms with van der Waals surface area (Å²) in [4.78, 5) is 13.4. The molecule has 0 spiro atoms. The Kier molecular flexibility index (Phi) is 4.43. The van der Waals surface area contributed by atoms with Crippen molar-refractivity contribution in [2.75, 3.05) is 30.4 Å². The van der Waals surface area contributed by atoms with Crippen molar-refractivity contribution in [1.82, 2.24) is 0 Å². The quantitative estimate of drug-likeness (QED) is 0.852. The number of fused-ring (bicyclic) bond motifs is 1. The van der Waals surface area contributed by atoms with Gasteiger partial charge in [0.25, 0.3) is 0 Å². The maximum absolute atomic E-state index is 11.6. The number of benzene rings is 1. The molecule has 0 saturated heterocycles. The van der Waals surface area contributed by atoms with Gasteiger partial charge < -0.3 is 16.0 Å². The molecule has 104 valence electrons. The van der Waals surface area contributed by atoms with Gasteiger partial charge in [-0.3, -0.25) is 4.79 Å². The maximum Gasteiger partial charge on any atom is 0.227 e. The highest BCUT2D eigenvalue weighted by molar-refractivity contribution is 5.96. The van der Waals surface area contributed by atoms with Crippen molar-refractivity contribution in [2.24, 2.45) is 11.7 Å². The van der Waals surface area contributed by atoms with Crippen LogP contribution in [0.1, 0.15) is 25.3 Å². The number of aryl methyl sites for hydroxylation is 1. The Morgan fingerprint density at radius 3 is 2.95 bits per heavy atom. The van der Waals surface area contributed by atoms with Crippen molar-refractivity contribution in [1.29, 1.82) is 0 Å². The van der Waals surface area contributed by atoms with Crippen LogP contribution in [0.4, 0.5) is 11.4 Å². The topological polar surface area (TPSA) is 58.4 Å². The Morgan fingerprint density at radius 2 is 2.21 bits per heavy atom. The third kappa shape index (κ3) is 3.26. The molecule has 0 bridgehead atoms. The highest BCUT2D eigenvalue weighted by Gasteiger charge is 2.20. The molecule has 1 aliphatic heterocycles. The van der Waals surface area contributed by atoms with E-state index in [9.17, 15) is 4.79 Å². The van der Waals surface area contributed by atoms with E-state index in [-0.39, 0.29) is 5.91 Å². The average Bonchev–Trinajstić information content (AvgIpc) is 2.43. The molecule has 4 heteroatoms. The molecule has 1 unspecified atom stereocenters. The Labute approximate surface area is 115 Å². The minimum atomic E-state index is 0.199. The summed E-state index contributed by atoms with van der Waals surface area (Å²) in [6.45, 7) is 3.83. The predicted molar refractivity (Wildman–Crippen MR) is 79.5 cm³/mol. The van der Waals surface area contributed by atoms with Crippen LogP contribution in [0.2, 0.25) is 0 Å². The van der Waals surface area contributed by atoms with Crippen LogP contribution in [0.5, 0.6) is 0 Å². The fourth-order valence-electron chi connectivity index (χ4n) is 2.35. The van der Waals surface area contributed by atoms with E-state index < -0.39 is 0 Å². The zero-order valence-electron chi connectivity index (χ0n) is 11.8. The molecule has 0 aliphatic carbocycles. The fourth-order valence-corrected chi connectivity index (χ4v) is 2.35. The van der Waals surface area contributed by atoms with Gasteiger partial charge in [0.1, 0.15) is 0 Å². The number of nitrogens with zero attached hydrogens (tertiary/aromatic N) is 1. The van der Waals surface area contributed by atoms with E-state index in [0.29, 0.717) is 12.3 Å². The van der Waals surface area contributed by atoms with Crippen LogP contribution < -0.4 is 16.0 Å². The van der Waals surface area contributed by atoms with Crippen molar-refractivity contribution < 1.29 is 4.79 Å². The summed E-state index contributed by atoms with van der Waals surface area (Å²) in [5, 5.41) is 3.43. The van der Waals surface area contributed by atoms with Crippen molar-refractivity contribution in [2.45, 2.75) is 26.2 Å². The lowest BCUT2D eigenvalue weighted by Crippen LogP contribution is -2.31. The number of carbonyl (C=O) groups is 1. The molecule has 1 amide bonds. The Balaban J connectivity index is 1.99. The molecule has 1 aromatic rings. The third-order valence-electron chi connectivity index (χ3n) is 3.79. The predicted octanol–water partition coefficient (Wildman–Crippen LogP) is 1.99. The first-order valence-electron chi connectivity index (χ1n) is 6.95. The van der Waals surface area contributed by atoms with E-state index in [1.807, 2.05) is 19.2 Å². The summed E-state index contributed by atoms with van der Waals surface area (Å²) in [7, 11) is 1.84. The van der Waals surface area contributed by atoms with E-state index >= 15 is 0 Å². The first-order valence-corrected chi connectivity index (χ1v) is 6.95. The van der Waals surface area contributed by atoms with E-state index in [1.165, 1.54) is 5.56 Å². The smallest absolute Gasteiger partial charge is 0.227 e. The summed E-state index contributed by atoms with van der Waals surface area (Å²) in [5.74, 6) is 0.749. The van der Waals surface area contributed by atoms with Gasteiger partial charge in [-0.15, -0.1) is 0 Å². The largest absolute Gasteiger partial charge is 0.385 e. The van der Waals surface area contributed by atoms with Gasteiger partial charge in [0, 0.05) is 31.4 Å². The number of amides is 1. The standard InChI is InChI=1S/C15H23N3O/c1-11(10-16)7-8-17-13-4-5-14-12(9-13)3-6-15(19)18(14)2/h4-5,9,11,17H,3,6-8,10,16H2,1-2H3. The van der Waals surface area contributed by atoms with Crippen molar-refractivity contribution in [3.05, 3.63) is 23.8 Å². The fraction of sp³-hybridized carbons (Fsp3) is 0.533. The third-order valence-corrected chi connectivity index (χ3v) is 3.79. The van der Waals surface area contributed by atoms with Crippen molar-refractivity contribution in [3.63, 3.8) is 0 Å². The van der Waals surface area contributed by atoms with Gasteiger partial charge in [-0.05, 0) is 49.1 Å². The molecule has 2 rings (SSSR count). The van der Waals surface area contributed by atoms with Crippen LogP contribution in [-0.4, -0.2) is 26.0 Å². The second-order valence-corrected chi connectivity index (χ2v) is 5.35. The van der Waals surface area contributed by atoms with Gasteiger partial charge >= 0.3 is 0 Å². The van der Waals surface area contributed by atoms with Crippen LogP contribution in [0.3, 0.4) is 0 Å². The van der Waals surface area contributed by atoms with E-state index in [2.05, 4.69) is 18.3 Å². The molecule has 19 heavy (non-hydrogen) atoms. The zero-order valence-corrected chi connectivity index (χ0v) is 11.8. The lowest BCUT2D eigenvalue weighted by atomic mass is 10.0. The van der Waals surface area contributed by atoms with Gasteiger partial charge in [0.2, 0.25) is 5.91 Å². The number of hydrogen-bond donors (Lipinski definition) is 2. The molecular weight excluding hydrogens is 238 g/mol. The number of nitrogens with two attached hydrogens (primary N) is 1. The molecule has 1 aromatic carbocycles. The zero-order chi connectivity index (χ0) is 13.8. The van der Waals surface area contributed by atoms with Crippen LogP contribution in [0, 0.1) is 5.92 Å². The number of carbonyl (C=O) groups excluding carboxylic acids is 1. The summed E-state index contributed by atoms with van der Waals surface area (Å²) in [5.41, 5.74) is 9.02. The Bertz CT molecular complexity index is 459. The first kappa shape index (κ1) is 13.9. The second-order valence-electron chi connectivity index (χ2n) is 5.35. The molecular formula is C15H23N3O. The summed E-state index contributed by atoms with van der Waals surface area (Å²) < 4.78 is 0. The van der Waals surface area contributed by atoms with Crippen LogP contribution in [-0.2, 0) is 11.2 Å². The molecule has 3 N–H and O–H groups in total.